The van der Waals surface area contributed by atoms with E-state index in [1.54, 1.807) is 37.4 Å². The minimum absolute atomic E-state index is 0.0942. The first-order valence-corrected chi connectivity index (χ1v) is 7.94. The molecule has 0 aliphatic heterocycles. The van der Waals surface area contributed by atoms with Crippen molar-refractivity contribution < 1.29 is 19.0 Å². The summed E-state index contributed by atoms with van der Waals surface area (Å²) in [5, 5.41) is 12.5. The fourth-order valence-electron chi connectivity index (χ4n) is 3.06. The van der Waals surface area contributed by atoms with E-state index >= 15 is 0 Å². The average Bonchev–Trinajstić information content (AvgIpc) is 3.40. The van der Waals surface area contributed by atoms with Gasteiger partial charge in [0.25, 0.3) is 0 Å². The molecule has 0 spiro atoms. The van der Waals surface area contributed by atoms with Crippen LogP contribution in [0.25, 0.3) is 0 Å². The number of benzene rings is 2. The Kier molecular flexibility index (Phi) is 4.81. The highest BCUT2D eigenvalue weighted by Crippen LogP contribution is 2.48. The van der Waals surface area contributed by atoms with Gasteiger partial charge < -0.3 is 15.2 Å². The van der Waals surface area contributed by atoms with E-state index < -0.39 is 6.04 Å². The van der Waals surface area contributed by atoms with Crippen LogP contribution in [-0.2, 0) is 4.79 Å². The van der Waals surface area contributed by atoms with E-state index in [1.165, 1.54) is 6.07 Å². The first kappa shape index (κ1) is 16.5. The lowest BCUT2D eigenvalue weighted by Gasteiger charge is -2.19. The maximum Gasteiger partial charge on any atom is 0.224 e. The second-order valence-electron chi connectivity index (χ2n) is 5.96. The predicted octanol–water partition coefficient (Wildman–Crippen LogP) is 2.79. The topological polar surface area (TPSA) is 58.6 Å². The van der Waals surface area contributed by atoms with Crippen LogP contribution in [0.15, 0.2) is 48.5 Å². The minimum atomic E-state index is -0.546. The number of aliphatic hydroxyl groups excluding tert-OH is 1. The molecule has 126 valence electrons. The number of para-hydroxylation sites is 1. The number of hydrogen-bond acceptors (Lipinski definition) is 3. The smallest absolute Gasteiger partial charge is 0.224 e. The highest BCUT2D eigenvalue weighted by Gasteiger charge is 2.45. The number of rotatable bonds is 6. The second kappa shape index (κ2) is 7.01. The molecular weight excluding hydrogens is 309 g/mol. The van der Waals surface area contributed by atoms with Crippen molar-refractivity contribution in [2.75, 3.05) is 13.7 Å². The number of methoxy groups -OCH3 is 1. The number of carbonyl (C=O) groups excluding carboxylic acids is 1. The molecule has 0 unspecified atom stereocenters. The van der Waals surface area contributed by atoms with Crippen LogP contribution in [0.2, 0.25) is 0 Å². The van der Waals surface area contributed by atoms with Gasteiger partial charge in [0.05, 0.1) is 19.8 Å². The minimum Gasteiger partial charge on any atom is -0.496 e. The molecule has 0 heterocycles. The van der Waals surface area contributed by atoms with Gasteiger partial charge in [0.2, 0.25) is 5.91 Å². The van der Waals surface area contributed by atoms with E-state index in [4.69, 9.17) is 4.74 Å². The normalized spacial score (nSPS) is 20.3. The van der Waals surface area contributed by atoms with Gasteiger partial charge in [-0.2, -0.15) is 0 Å². The highest BCUT2D eigenvalue weighted by atomic mass is 19.1. The summed E-state index contributed by atoms with van der Waals surface area (Å²) in [6, 6.07) is 13.2. The van der Waals surface area contributed by atoms with Crippen molar-refractivity contribution in [3.05, 3.63) is 65.5 Å². The van der Waals surface area contributed by atoms with Crippen molar-refractivity contribution in [3.8, 4) is 5.75 Å². The van der Waals surface area contributed by atoms with E-state index in [1.807, 2.05) is 12.1 Å². The summed E-state index contributed by atoms with van der Waals surface area (Å²) in [5.41, 5.74) is 1.30. The second-order valence-corrected chi connectivity index (χ2v) is 5.96. The Labute approximate surface area is 140 Å². The van der Waals surface area contributed by atoms with E-state index in [2.05, 4.69) is 5.32 Å². The molecule has 0 aromatic heterocycles. The number of amides is 1. The standard InChI is InChI=1S/C19H20FNO3/c1-24-18-9-5-3-7-13(18)17(11-22)21-19(23)15-10-14(15)12-6-2-4-8-16(12)20/h2-9,14-15,17,22H,10-11H2,1H3,(H,21,23)/t14-,15+,17+/m1/s1. The van der Waals surface area contributed by atoms with Gasteiger partial charge in [0.15, 0.2) is 0 Å². The molecule has 0 saturated heterocycles. The number of hydrogen-bond donors (Lipinski definition) is 2. The number of nitrogens with one attached hydrogen (secondary N) is 1. The summed E-state index contributed by atoms with van der Waals surface area (Å²) in [4.78, 5) is 12.5. The van der Waals surface area contributed by atoms with Crippen LogP contribution in [0.1, 0.15) is 29.5 Å². The Morgan fingerprint density at radius 2 is 2.00 bits per heavy atom. The third-order valence-electron chi connectivity index (χ3n) is 4.45. The fraction of sp³-hybridized carbons (Fsp3) is 0.316. The molecule has 3 atom stereocenters. The number of ether oxygens (including phenoxy) is 1. The molecule has 1 aliphatic rings. The molecule has 4 nitrogen and oxygen atoms in total. The lowest BCUT2D eigenvalue weighted by molar-refractivity contribution is -0.123. The van der Waals surface area contributed by atoms with Crippen molar-refractivity contribution >= 4 is 5.91 Å². The Morgan fingerprint density at radius 1 is 1.29 bits per heavy atom. The van der Waals surface area contributed by atoms with Gasteiger partial charge in [0.1, 0.15) is 11.6 Å². The summed E-state index contributed by atoms with van der Waals surface area (Å²) in [7, 11) is 1.55. The van der Waals surface area contributed by atoms with Crippen LogP contribution in [0, 0.1) is 11.7 Å². The molecule has 0 bridgehead atoms. The van der Waals surface area contributed by atoms with Crippen molar-refractivity contribution in [1.82, 2.24) is 5.32 Å². The van der Waals surface area contributed by atoms with Crippen molar-refractivity contribution in [3.63, 3.8) is 0 Å². The van der Waals surface area contributed by atoms with E-state index in [-0.39, 0.29) is 30.2 Å². The van der Waals surface area contributed by atoms with Gasteiger partial charge >= 0.3 is 0 Å². The van der Waals surface area contributed by atoms with Crippen molar-refractivity contribution in [2.45, 2.75) is 18.4 Å². The Bertz CT molecular complexity index is 734. The molecular formula is C19H20FNO3. The zero-order valence-electron chi connectivity index (χ0n) is 13.4. The molecule has 1 aliphatic carbocycles. The van der Waals surface area contributed by atoms with Gasteiger partial charge in [-0.1, -0.05) is 36.4 Å². The number of aliphatic hydroxyl groups is 1. The zero-order valence-corrected chi connectivity index (χ0v) is 13.4. The molecule has 0 radical (unpaired) electrons. The average molecular weight is 329 g/mol. The third-order valence-corrected chi connectivity index (χ3v) is 4.45. The summed E-state index contributed by atoms with van der Waals surface area (Å²) < 4.78 is 19.1. The van der Waals surface area contributed by atoms with Gasteiger partial charge in [-0.15, -0.1) is 0 Å². The Morgan fingerprint density at radius 3 is 2.71 bits per heavy atom. The van der Waals surface area contributed by atoms with Crippen molar-refractivity contribution in [1.29, 1.82) is 0 Å². The number of halogens is 1. The van der Waals surface area contributed by atoms with Gasteiger partial charge in [-0.3, -0.25) is 4.79 Å². The maximum absolute atomic E-state index is 13.8. The van der Waals surface area contributed by atoms with Crippen LogP contribution >= 0.6 is 0 Å². The van der Waals surface area contributed by atoms with E-state index in [9.17, 15) is 14.3 Å². The summed E-state index contributed by atoms with van der Waals surface area (Å²) >= 11 is 0. The van der Waals surface area contributed by atoms with Crippen LogP contribution < -0.4 is 10.1 Å². The quantitative estimate of drug-likeness (QED) is 0.857. The molecule has 24 heavy (non-hydrogen) atoms. The lowest BCUT2D eigenvalue weighted by atomic mass is 10.1. The molecule has 3 rings (SSSR count). The molecule has 2 N–H and O–H groups in total. The highest BCUT2D eigenvalue weighted by molar-refractivity contribution is 5.83. The Hall–Kier alpha value is -2.40. The number of carbonyl (C=O) groups is 1. The molecule has 2 aromatic rings. The summed E-state index contributed by atoms with van der Waals surface area (Å²) in [6.45, 7) is -0.233. The first-order chi connectivity index (χ1) is 11.7. The van der Waals surface area contributed by atoms with Crippen LogP contribution in [0.3, 0.4) is 0 Å². The van der Waals surface area contributed by atoms with Gasteiger partial charge in [0, 0.05) is 11.5 Å². The first-order valence-electron chi connectivity index (χ1n) is 7.94. The monoisotopic (exact) mass is 329 g/mol. The maximum atomic E-state index is 13.8. The van der Waals surface area contributed by atoms with Gasteiger partial charge in [-0.25, -0.2) is 4.39 Å². The molecule has 5 heteroatoms. The third kappa shape index (κ3) is 3.26. The molecule has 1 fully saturated rings. The SMILES string of the molecule is COc1ccccc1[C@H](CO)NC(=O)[C@H]1C[C@@H]1c1ccccc1F. The summed E-state index contributed by atoms with van der Waals surface area (Å²) in [6.07, 6.45) is 0.622. The zero-order chi connectivity index (χ0) is 17.1. The summed E-state index contributed by atoms with van der Waals surface area (Å²) in [5.74, 6) is -0.193. The van der Waals surface area contributed by atoms with Gasteiger partial charge in [-0.05, 0) is 30.0 Å². The van der Waals surface area contributed by atoms with E-state index in [0.717, 1.165) is 5.56 Å². The molecule has 2 aromatic carbocycles. The molecule has 1 saturated carbocycles. The predicted molar refractivity (Wildman–Crippen MR) is 88.2 cm³/mol. The van der Waals surface area contributed by atoms with Crippen LogP contribution in [0.5, 0.6) is 5.75 Å². The van der Waals surface area contributed by atoms with E-state index in [0.29, 0.717) is 17.7 Å². The van der Waals surface area contributed by atoms with Crippen LogP contribution in [-0.4, -0.2) is 24.7 Å². The lowest BCUT2D eigenvalue weighted by Crippen LogP contribution is -2.32. The largest absolute Gasteiger partial charge is 0.496 e. The molecule has 1 amide bonds. The fourth-order valence-corrected chi connectivity index (χ4v) is 3.06. The van der Waals surface area contributed by atoms with Crippen LogP contribution in [0.4, 0.5) is 4.39 Å². The Balaban J connectivity index is 1.69. The van der Waals surface area contributed by atoms with Crippen molar-refractivity contribution in [2.24, 2.45) is 5.92 Å².